The molecule has 2 rings (SSSR count). The Bertz CT molecular complexity index is 728. The molecule has 2 heterocycles. The fourth-order valence-electron chi connectivity index (χ4n) is 2.10. The maximum absolute atomic E-state index is 12.3. The summed E-state index contributed by atoms with van der Waals surface area (Å²) in [6, 6.07) is 3.23. The van der Waals surface area contributed by atoms with Gasteiger partial charge >= 0.3 is 6.09 Å². The van der Waals surface area contributed by atoms with Crippen molar-refractivity contribution in [2.45, 2.75) is 26.9 Å². The monoisotopic (exact) mass is 329 g/mol. The lowest BCUT2D eigenvalue weighted by atomic mass is 10.1. The van der Waals surface area contributed by atoms with Crippen LogP contribution in [0.2, 0.25) is 0 Å². The van der Waals surface area contributed by atoms with Crippen molar-refractivity contribution in [3.8, 4) is 0 Å². The van der Waals surface area contributed by atoms with E-state index in [1.54, 1.807) is 12.1 Å². The van der Waals surface area contributed by atoms with E-state index in [-0.39, 0.29) is 12.5 Å². The fraction of sp³-hybridized carbons (Fsp3) is 0.312. The lowest BCUT2D eigenvalue weighted by Crippen LogP contribution is -2.25. The lowest BCUT2D eigenvalue weighted by molar-refractivity contribution is 0.0950. The number of carbonyl (C=O) groups excluding carboxylic acids is 2. The van der Waals surface area contributed by atoms with E-state index in [0.717, 1.165) is 17.0 Å². The number of amides is 2. The van der Waals surface area contributed by atoms with Crippen LogP contribution in [0.3, 0.4) is 0 Å². The average molecular weight is 329 g/mol. The van der Waals surface area contributed by atoms with E-state index in [0.29, 0.717) is 17.8 Å². The van der Waals surface area contributed by atoms with Crippen molar-refractivity contribution in [3.05, 3.63) is 52.9 Å². The third-order valence-electron chi connectivity index (χ3n) is 3.48. The molecular formula is C16H19N5O3. The van der Waals surface area contributed by atoms with Crippen LogP contribution in [0.4, 0.5) is 4.79 Å². The third-order valence-corrected chi connectivity index (χ3v) is 3.48. The highest BCUT2D eigenvalue weighted by molar-refractivity contribution is 5.94. The SMILES string of the molecule is COC(=O)NCc1cc(C(=O)NCc2c(C)ncnc2C)ccn1. The number of ether oxygens (including phenoxy) is 1. The summed E-state index contributed by atoms with van der Waals surface area (Å²) in [5.41, 5.74) is 3.58. The van der Waals surface area contributed by atoms with Gasteiger partial charge in [-0.25, -0.2) is 14.8 Å². The number of nitrogens with zero attached hydrogens (tertiary/aromatic N) is 3. The van der Waals surface area contributed by atoms with Gasteiger partial charge in [-0.3, -0.25) is 9.78 Å². The van der Waals surface area contributed by atoms with Crippen LogP contribution < -0.4 is 10.6 Å². The molecule has 8 nitrogen and oxygen atoms in total. The minimum Gasteiger partial charge on any atom is -0.453 e. The number of carbonyl (C=O) groups is 2. The molecule has 0 aliphatic rings. The van der Waals surface area contributed by atoms with Crippen molar-refractivity contribution in [2.75, 3.05) is 7.11 Å². The molecule has 0 aliphatic carbocycles. The van der Waals surface area contributed by atoms with Gasteiger partial charge in [0.25, 0.3) is 5.91 Å². The molecule has 2 aromatic heterocycles. The quantitative estimate of drug-likeness (QED) is 0.856. The van der Waals surface area contributed by atoms with Gasteiger partial charge in [0.05, 0.1) is 19.3 Å². The summed E-state index contributed by atoms with van der Waals surface area (Å²) < 4.78 is 4.49. The van der Waals surface area contributed by atoms with Crippen LogP contribution in [0.25, 0.3) is 0 Å². The molecule has 0 fully saturated rings. The largest absolute Gasteiger partial charge is 0.453 e. The minimum atomic E-state index is -0.554. The van der Waals surface area contributed by atoms with E-state index in [9.17, 15) is 9.59 Å². The Labute approximate surface area is 139 Å². The van der Waals surface area contributed by atoms with Gasteiger partial charge in [0.2, 0.25) is 0 Å². The van der Waals surface area contributed by atoms with Crippen molar-refractivity contribution in [2.24, 2.45) is 0 Å². The van der Waals surface area contributed by atoms with E-state index >= 15 is 0 Å². The molecule has 2 aromatic rings. The Balaban J connectivity index is 2.01. The molecule has 2 N–H and O–H groups in total. The van der Waals surface area contributed by atoms with Gasteiger partial charge in [-0.1, -0.05) is 0 Å². The van der Waals surface area contributed by atoms with Crippen LogP contribution in [0, 0.1) is 13.8 Å². The van der Waals surface area contributed by atoms with Crippen LogP contribution in [-0.2, 0) is 17.8 Å². The molecule has 0 aromatic carbocycles. The van der Waals surface area contributed by atoms with Gasteiger partial charge < -0.3 is 15.4 Å². The van der Waals surface area contributed by atoms with Crippen LogP contribution in [0.1, 0.15) is 33.0 Å². The second-order valence-electron chi connectivity index (χ2n) is 5.09. The highest BCUT2D eigenvalue weighted by Gasteiger charge is 2.10. The number of rotatable bonds is 5. The zero-order chi connectivity index (χ0) is 17.5. The van der Waals surface area contributed by atoms with Crippen molar-refractivity contribution >= 4 is 12.0 Å². The summed E-state index contributed by atoms with van der Waals surface area (Å²) in [7, 11) is 1.28. The predicted octanol–water partition coefficient (Wildman–Crippen LogP) is 1.27. The maximum Gasteiger partial charge on any atom is 0.407 e. The Kier molecular flexibility index (Phi) is 5.78. The number of nitrogens with one attached hydrogen (secondary N) is 2. The average Bonchev–Trinajstić information content (AvgIpc) is 2.59. The van der Waals surface area contributed by atoms with Gasteiger partial charge in [0.1, 0.15) is 6.33 Å². The Morgan fingerprint density at radius 3 is 2.46 bits per heavy atom. The summed E-state index contributed by atoms with van der Waals surface area (Å²) in [5.74, 6) is -0.237. The van der Waals surface area contributed by atoms with Crippen molar-refractivity contribution in [1.82, 2.24) is 25.6 Å². The highest BCUT2D eigenvalue weighted by Crippen LogP contribution is 2.08. The number of hydrogen-bond acceptors (Lipinski definition) is 6. The van der Waals surface area contributed by atoms with E-state index < -0.39 is 6.09 Å². The molecule has 2 amide bonds. The van der Waals surface area contributed by atoms with E-state index in [1.165, 1.54) is 19.6 Å². The third kappa shape index (κ3) is 4.48. The number of alkyl carbamates (subject to hydrolysis) is 1. The van der Waals surface area contributed by atoms with Crippen LogP contribution in [-0.4, -0.2) is 34.1 Å². The van der Waals surface area contributed by atoms with Gasteiger partial charge in [0.15, 0.2) is 0 Å². The van der Waals surface area contributed by atoms with Crippen molar-refractivity contribution < 1.29 is 14.3 Å². The molecule has 0 atom stereocenters. The summed E-state index contributed by atoms with van der Waals surface area (Å²) in [4.78, 5) is 35.7. The molecule has 0 saturated heterocycles. The molecule has 0 spiro atoms. The number of hydrogen-bond donors (Lipinski definition) is 2. The van der Waals surface area contributed by atoms with Crippen LogP contribution in [0.15, 0.2) is 24.7 Å². The second kappa shape index (κ2) is 8.00. The Morgan fingerprint density at radius 1 is 1.08 bits per heavy atom. The zero-order valence-electron chi connectivity index (χ0n) is 13.8. The molecule has 0 unspecified atom stereocenters. The van der Waals surface area contributed by atoms with Gasteiger partial charge in [-0.15, -0.1) is 0 Å². The summed E-state index contributed by atoms with van der Waals surface area (Å²) in [6.45, 7) is 4.27. The number of pyridine rings is 1. The van der Waals surface area contributed by atoms with Crippen LogP contribution >= 0.6 is 0 Å². The molecule has 0 bridgehead atoms. The smallest absolute Gasteiger partial charge is 0.407 e. The van der Waals surface area contributed by atoms with Gasteiger partial charge in [-0.05, 0) is 26.0 Å². The molecule has 0 saturated carbocycles. The molecule has 24 heavy (non-hydrogen) atoms. The minimum absolute atomic E-state index is 0.179. The van der Waals surface area contributed by atoms with Gasteiger partial charge in [-0.2, -0.15) is 0 Å². The standard InChI is InChI=1S/C16H19N5O3/c1-10-14(11(2)21-9-20-10)8-18-15(22)12-4-5-17-13(6-12)7-19-16(23)24-3/h4-6,9H,7-8H2,1-3H3,(H,18,22)(H,19,23). The normalized spacial score (nSPS) is 10.1. The molecule has 126 valence electrons. The lowest BCUT2D eigenvalue weighted by Gasteiger charge is -2.10. The highest BCUT2D eigenvalue weighted by atomic mass is 16.5. The summed E-state index contributed by atoms with van der Waals surface area (Å²) in [5, 5.41) is 5.36. The topological polar surface area (TPSA) is 106 Å². The Morgan fingerprint density at radius 2 is 1.79 bits per heavy atom. The number of aryl methyl sites for hydroxylation is 2. The molecule has 0 aliphatic heterocycles. The first-order valence-electron chi connectivity index (χ1n) is 7.33. The first kappa shape index (κ1) is 17.3. The predicted molar refractivity (Wildman–Crippen MR) is 86.2 cm³/mol. The summed E-state index contributed by atoms with van der Waals surface area (Å²) >= 11 is 0. The van der Waals surface area contributed by atoms with E-state index in [1.807, 2.05) is 13.8 Å². The number of methoxy groups -OCH3 is 1. The second-order valence-corrected chi connectivity index (χ2v) is 5.09. The zero-order valence-corrected chi connectivity index (χ0v) is 13.8. The van der Waals surface area contributed by atoms with Crippen molar-refractivity contribution in [3.63, 3.8) is 0 Å². The first-order valence-corrected chi connectivity index (χ1v) is 7.33. The Hall–Kier alpha value is -3.03. The fourth-order valence-corrected chi connectivity index (χ4v) is 2.10. The molecule has 8 heteroatoms. The van der Waals surface area contributed by atoms with Gasteiger partial charge in [0, 0.05) is 35.3 Å². The van der Waals surface area contributed by atoms with Crippen LogP contribution in [0.5, 0.6) is 0 Å². The van der Waals surface area contributed by atoms with Crippen molar-refractivity contribution in [1.29, 1.82) is 0 Å². The summed E-state index contributed by atoms with van der Waals surface area (Å²) in [6.07, 6.45) is 2.46. The molecule has 0 radical (unpaired) electrons. The van der Waals surface area contributed by atoms with E-state index in [4.69, 9.17) is 0 Å². The maximum atomic E-state index is 12.3. The number of aromatic nitrogens is 3. The van der Waals surface area contributed by atoms with E-state index in [2.05, 4.69) is 30.3 Å². The first-order chi connectivity index (χ1) is 11.5. The molecular weight excluding hydrogens is 310 g/mol.